The Morgan fingerprint density at radius 3 is 3.11 bits per heavy atom. The number of pyridine rings is 1. The lowest BCUT2D eigenvalue weighted by molar-refractivity contribution is 0.0952. The number of nitrogens with zero attached hydrogens (tertiary/aromatic N) is 1. The summed E-state index contributed by atoms with van der Waals surface area (Å²) in [6.07, 6.45) is 2.54. The number of nitrogen functional groups attached to an aromatic ring is 1. The van der Waals surface area contributed by atoms with E-state index in [9.17, 15) is 4.79 Å². The highest BCUT2D eigenvalue weighted by Gasteiger charge is 2.12. The predicted octanol–water partition coefficient (Wildman–Crippen LogP) is 2.98. The second-order valence-corrected chi connectivity index (χ2v) is 5.91. The molecule has 0 aliphatic heterocycles. The number of hydrogen-bond acceptors (Lipinski definition) is 4. The van der Waals surface area contributed by atoms with Gasteiger partial charge in [-0.15, -0.1) is 11.3 Å². The first kappa shape index (κ1) is 14.0. The van der Waals surface area contributed by atoms with Gasteiger partial charge in [0.05, 0.1) is 12.1 Å². The van der Waals surface area contributed by atoms with E-state index in [4.69, 9.17) is 5.73 Å². The molecule has 0 saturated heterocycles. The molecule has 2 heterocycles. The van der Waals surface area contributed by atoms with Crippen LogP contribution in [-0.4, -0.2) is 10.9 Å². The number of carbonyl (C=O) groups excluding carboxylic acids is 1. The maximum absolute atomic E-state index is 12.1. The molecule has 0 aromatic carbocycles. The van der Waals surface area contributed by atoms with E-state index >= 15 is 0 Å². The maximum atomic E-state index is 12.1. The molecule has 0 fully saturated rings. The van der Waals surface area contributed by atoms with Crippen molar-refractivity contribution in [3.63, 3.8) is 0 Å². The van der Waals surface area contributed by atoms with Gasteiger partial charge in [0.25, 0.3) is 5.91 Å². The zero-order valence-corrected chi connectivity index (χ0v) is 12.8. The number of carbonyl (C=O) groups is 1. The number of nitrogens with two attached hydrogens (primary N) is 1. The highest BCUT2D eigenvalue weighted by molar-refractivity contribution is 9.10. The van der Waals surface area contributed by atoms with Crippen molar-refractivity contribution in [1.82, 2.24) is 10.3 Å². The molecule has 19 heavy (non-hydrogen) atoms. The van der Waals surface area contributed by atoms with Crippen molar-refractivity contribution in [2.75, 3.05) is 5.73 Å². The summed E-state index contributed by atoms with van der Waals surface area (Å²) in [6.45, 7) is 2.62. The fourth-order valence-corrected chi connectivity index (χ4v) is 2.97. The minimum atomic E-state index is -0.207. The lowest BCUT2D eigenvalue weighted by Gasteiger charge is -2.07. The number of nitrogens with one attached hydrogen (secondary N) is 1. The Labute approximate surface area is 124 Å². The summed E-state index contributed by atoms with van der Waals surface area (Å²) in [4.78, 5) is 17.2. The smallest absolute Gasteiger partial charge is 0.255 e. The Bertz CT molecular complexity index is 597. The van der Waals surface area contributed by atoms with Gasteiger partial charge in [0, 0.05) is 15.5 Å². The maximum Gasteiger partial charge on any atom is 0.255 e. The Morgan fingerprint density at radius 1 is 1.58 bits per heavy atom. The van der Waals surface area contributed by atoms with Crippen molar-refractivity contribution < 1.29 is 4.79 Å². The normalized spacial score (nSPS) is 10.4. The third-order valence-corrected chi connectivity index (χ3v) is 4.15. The number of thiophene rings is 1. The van der Waals surface area contributed by atoms with Crippen LogP contribution in [0.3, 0.4) is 0 Å². The first-order chi connectivity index (χ1) is 9.11. The molecule has 2 aromatic heterocycles. The van der Waals surface area contributed by atoms with Crippen LogP contribution in [0.1, 0.15) is 27.7 Å². The van der Waals surface area contributed by atoms with Gasteiger partial charge in [-0.1, -0.05) is 6.92 Å². The van der Waals surface area contributed by atoms with E-state index in [1.807, 2.05) is 5.38 Å². The highest BCUT2D eigenvalue weighted by atomic mass is 79.9. The third-order valence-electron chi connectivity index (χ3n) is 2.76. The second-order valence-electron chi connectivity index (χ2n) is 3.99. The third kappa shape index (κ3) is 3.33. The topological polar surface area (TPSA) is 68.0 Å². The van der Waals surface area contributed by atoms with Crippen LogP contribution in [0.4, 0.5) is 5.82 Å². The van der Waals surface area contributed by atoms with Crippen LogP contribution in [0.15, 0.2) is 28.2 Å². The SMILES string of the molecule is CCc1ccsc1CNC(=O)c1cc(Br)cnc1N. The molecule has 6 heteroatoms. The van der Waals surface area contributed by atoms with Gasteiger partial charge >= 0.3 is 0 Å². The minimum Gasteiger partial charge on any atom is -0.383 e. The predicted molar refractivity (Wildman–Crippen MR) is 81.2 cm³/mol. The van der Waals surface area contributed by atoms with Gasteiger partial charge in [0.15, 0.2) is 0 Å². The van der Waals surface area contributed by atoms with Crippen molar-refractivity contribution in [3.05, 3.63) is 44.2 Å². The van der Waals surface area contributed by atoms with Crippen molar-refractivity contribution in [1.29, 1.82) is 0 Å². The first-order valence-electron chi connectivity index (χ1n) is 5.86. The molecule has 2 aromatic rings. The molecule has 0 bridgehead atoms. The molecule has 4 nitrogen and oxygen atoms in total. The molecule has 3 N–H and O–H groups in total. The van der Waals surface area contributed by atoms with Crippen LogP contribution in [0.25, 0.3) is 0 Å². The number of halogens is 1. The van der Waals surface area contributed by atoms with E-state index in [0.717, 1.165) is 10.9 Å². The Morgan fingerprint density at radius 2 is 2.37 bits per heavy atom. The molecule has 2 rings (SSSR count). The first-order valence-corrected chi connectivity index (χ1v) is 7.53. The van der Waals surface area contributed by atoms with Crippen molar-refractivity contribution in [2.24, 2.45) is 0 Å². The van der Waals surface area contributed by atoms with Gasteiger partial charge < -0.3 is 11.1 Å². The summed E-state index contributed by atoms with van der Waals surface area (Å²) in [5.74, 6) is 0.0318. The van der Waals surface area contributed by atoms with Crippen LogP contribution < -0.4 is 11.1 Å². The molecular formula is C13H14BrN3OS. The zero-order chi connectivity index (χ0) is 13.8. The summed E-state index contributed by atoms with van der Waals surface area (Å²) in [7, 11) is 0. The average Bonchev–Trinajstić information content (AvgIpc) is 2.86. The minimum absolute atomic E-state index is 0.207. The van der Waals surface area contributed by atoms with Gasteiger partial charge in [0.2, 0.25) is 0 Å². The largest absolute Gasteiger partial charge is 0.383 e. The lowest BCUT2D eigenvalue weighted by atomic mass is 10.2. The van der Waals surface area contributed by atoms with Crippen molar-refractivity contribution in [2.45, 2.75) is 19.9 Å². The van der Waals surface area contributed by atoms with E-state index in [0.29, 0.717) is 12.1 Å². The molecule has 0 aliphatic rings. The molecule has 0 aliphatic carbocycles. The highest BCUT2D eigenvalue weighted by Crippen LogP contribution is 2.18. The number of rotatable bonds is 4. The number of aryl methyl sites for hydroxylation is 1. The quantitative estimate of drug-likeness (QED) is 0.899. The molecule has 0 spiro atoms. The molecular weight excluding hydrogens is 326 g/mol. The average molecular weight is 340 g/mol. The monoisotopic (exact) mass is 339 g/mol. The van der Waals surface area contributed by atoms with Crippen LogP contribution in [0.5, 0.6) is 0 Å². The van der Waals surface area contributed by atoms with Crippen molar-refractivity contribution >= 4 is 39.0 Å². The molecule has 0 saturated carbocycles. The lowest BCUT2D eigenvalue weighted by Crippen LogP contribution is -2.24. The molecule has 0 atom stereocenters. The van der Waals surface area contributed by atoms with Gasteiger partial charge in [-0.2, -0.15) is 0 Å². The standard InChI is InChI=1S/C13H14BrN3OS/c1-2-8-3-4-19-11(8)7-17-13(18)10-5-9(14)6-16-12(10)15/h3-6H,2,7H2,1H3,(H2,15,16)(H,17,18). The van der Waals surface area contributed by atoms with Crippen molar-refractivity contribution in [3.8, 4) is 0 Å². The molecule has 1 amide bonds. The van der Waals surface area contributed by atoms with Gasteiger partial charge in [-0.3, -0.25) is 4.79 Å². The summed E-state index contributed by atoms with van der Waals surface area (Å²) in [5.41, 5.74) is 7.37. The summed E-state index contributed by atoms with van der Waals surface area (Å²) in [6, 6.07) is 3.76. The fraction of sp³-hybridized carbons (Fsp3) is 0.231. The van der Waals surface area contributed by atoms with Crippen LogP contribution in [0.2, 0.25) is 0 Å². The van der Waals surface area contributed by atoms with E-state index < -0.39 is 0 Å². The molecule has 0 radical (unpaired) electrons. The van der Waals surface area contributed by atoms with E-state index in [2.05, 4.69) is 39.2 Å². The number of anilines is 1. The Balaban J connectivity index is 2.07. The second kappa shape index (κ2) is 6.16. The van der Waals surface area contributed by atoms with E-state index in [1.165, 1.54) is 10.4 Å². The number of amides is 1. The Hall–Kier alpha value is -1.40. The fourth-order valence-electron chi connectivity index (χ4n) is 1.72. The van der Waals surface area contributed by atoms with Crippen LogP contribution in [-0.2, 0) is 13.0 Å². The van der Waals surface area contributed by atoms with Gasteiger partial charge in [0.1, 0.15) is 5.82 Å². The summed E-state index contributed by atoms with van der Waals surface area (Å²) >= 11 is 4.93. The van der Waals surface area contributed by atoms with Crippen LogP contribution >= 0.6 is 27.3 Å². The van der Waals surface area contributed by atoms with Gasteiger partial charge in [-0.05, 0) is 45.4 Å². The Kier molecular flexibility index (Phi) is 4.55. The summed E-state index contributed by atoms with van der Waals surface area (Å²) in [5, 5.41) is 4.91. The zero-order valence-electron chi connectivity index (χ0n) is 10.4. The van der Waals surface area contributed by atoms with E-state index in [1.54, 1.807) is 23.6 Å². The number of hydrogen-bond donors (Lipinski definition) is 2. The van der Waals surface area contributed by atoms with E-state index in [-0.39, 0.29) is 11.7 Å². The van der Waals surface area contributed by atoms with Gasteiger partial charge in [-0.25, -0.2) is 4.98 Å². The number of aromatic nitrogens is 1. The molecule has 100 valence electrons. The van der Waals surface area contributed by atoms with Crippen LogP contribution in [0, 0.1) is 0 Å². The molecule has 0 unspecified atom stereocenters. The summed E-state index contributed by atoms with van der Waals surface area (Å²) < 4.78 is 0.734.